The van der Waals surface area contributed by atoms with Crippen molar-refractivity contribution in [2.24, 2.45) is 0 Å². The number of rotatable bonds is 10. The van der Waals surface area contributed by atoms with Crippen LogP contribution in [0.1, 0.15) is 55.3 Å². The van der Waals surface area contributed by atoms with E-state index in [-0.39, 0.29) is 6.04 Å². The van der Waals surface area contributed by atoms with Crippen LogP contribution in [0.2, 0.25) is 0 Å². The first-order valence-corrected chi connectivity index (χ1v) is 13.0. The average molecular weight is 473 g/mol. The molecule has 178 valence electrons. The zero-order chi connectivity index (χ0) is 23.6. The molecule has 1 heterocycles. The maximum atomic E-state index is 5.89. The van der Waals surface area contributed by atoms with Crippen molar-refractivity contribution < 1.29 is 4.74 Å². The Bertz CT molecular complexity index is 959. The molecule has 34 heavy (non-hydrogen) atoms. The third kappa shape index (κ3) is 6.46. The fraction of sp³-hybridized carbons (Fsp3) is 0.367. The van der Waals surface area contributed by atoms with Gasteiger partial charge in [0.25, 0.3) is 0 Å². The molecular weight excluding hydrogens is 436 g/mol. The van der Waals surface area contributed by atoms with Crippen molar-refractivity contribution in [2.45, 2.75) is 38.6 Å². The first-order valence-electron chi connectivity index (χ1n) is 12.6. The van der Waals surface area contributed by atoms with Crippen LogP contribution in [0.25, 0.3) is 0 Å². The van der Waals surface area contributed by atoms with Gasteiger partial charge in [0.05, 0.1) is 12.6 Å². The van der Waals surface area contributed by atoms with Crippen LogP contribution in [0.15, 0.2) is 84.9 Å². The van der Waals surface area contributed by atoms with Gasteiger partial charge in [-0.1, -0.05) is 99.1 Å². The topological polar surface area (TPSA) is 15.7 Å². The van der Waals surface area contributed by atoms with E-state index in [0.29, 0.717) is 0 Å². The average Bonchev–Trinajstić information content (AvgIpc) is 2.90. The Morgan fingerprint density at radius 2 is 1.35 bits per heavy atom. The molecule has 3 aromatic rings. The Balaban J connectivity index is 1.35. The number of benzene rings is 3. The zero-order valence-electron chi connectivity index (χ0n) is 20.2. The standard InChI is InChI=1S/C30H36N2OS/c1-2-3-4-11-24-33-28-18-16-27(17-19-28)30(34)32-22-20-31(21-23-32)29(25-12-7-5-8-13-25)26-14-9-6-10-15-26/h5-10,12-19,29H,2-4,11,20-24H2,1H3. The Morgan fingerprint density at radius 1 is 0.765 bits per heavy atom. The van der Waals surface area contributed by atoms with Gasteiger partial charge >= 0.3 is 0 Å². The molecular formula is C30H36N2OS. The molecule has 0 N–H and O–H groups in total. The quantitative estimate of drug-likeness (QED) is 0.240. The molecule has 4 heteroatoms. The van der Waals surface area contributed by atoms with Crippen LogP contribution in [-0.2, 0) is 0 Å². The Labute approximate surface area is 210 Å². The second-order valence-corrected chi connectivity index (χ2v) is 9.37. The highest BCUT2D eigenvalue weighted by molar-refractivity contribution is 7.80. The fourth-order valence-corrected chi connectivity index (χ4v) is 4.98. The van der Waals surface area contributed by atoms with Gasteiger partial charge in [0.2, 0.25) is 0 Å². The molecule has 4 rings (SSSR count). The Hall–Kier alpha value is -2.69. The molecule has 0 amide bonds. The van der Waals surface area contributed by atoms with E-state index in [4.69, 9.17) is 17.0 Å². The minimum atomic E-state index is 0.270. The van der Waals surface area contributed by atoms with Crippen molar-refractivity contribution in [3.05, 3.63) is 102 Å². The van der Waals surface area contributed by atoms with Crippen LogP contribution in [-0.4, -0.2) is 47.6 Å². The number of unbranched alkanes of at least 4 members (excludes halogenated alkanes) is 3. The second kappa shape index (κ2) is 12.7. The molecule has 0 saturated carbocycles. The van der Waals surface area contributed by atoms with Crippen LogP contribution in [0.3, 0.4) is 0 Å². The minimum Gasteiger partial charge on any atom is -0.494 e. The summed E-state index contributed by atoms with van der Waals surface area (Å²) < 4.78 is 5.89. The molecule has 0 radical (unpaired) electrons. The SMILES string of the molecule is CCCCCCOc1ccc(C(=S)N2CCN(C(c3ccccc3)c3ccccc3)CC2)cc1. The third-order valence-corrected chi connectivity index (χ3v) is 7.06. The van der Waals surface area contributed by atoms with E-state index in [0.717, 1.165) is 55.5 Å². The maximum Gasteiger partial charge on any atom is 0.119 e. The highest BCUT2D eigenvalue weighted by Gasteiger charge is 2.27. The first-order chi connectivity index (χ1) is 16.8. The number of ether oxygens (including phenoxy) is 1. The van der Waals surface area contributed by atoms with E-state index in [2.05, 4.69) is 102 Å². The van der Waals surface area contributed by atoms with Crippen molar-refractivity contribution >= 4 is 17.2 Å². The molecule has 3 aromatic carbocycles. The minimum absolute atomic E-state index is 0.270. The summed E-state index contributed by atoms with van der Waals surface area (Å²) in [6, 6.07) is 30.3. The van der Waals surface area contributed by atoms with Gasteiger partial charge in [-0.05, 0) is 41.8 Å². The number of thiocarbonyl (C=S) groups is 1. The normalized spacial score (nSPS) is 14.4. The number of piperazine rings is 1. The first kappa shape index (κ1) is 24.4. The Morgan fingerprint density at radius 3 is 1.91 bits per heavy atom. The molecule has 1 aliphatic rings. The summed E-state index contributed by atoms with van der Waals surface area (Å²) in [4.78, 5) is 5.86. The van der Waals surface area contributed by atoms with Gasteiger partial charge in [0, 0.05) is 31.7 Å². The lowest BCUT2D eigenvalue weighted by Crippen LogP contribution is -2.49. The van der Waals surface area contributed by atoms with Gasteiger partial charge in [0.15, 0.2) is 0 Å². The summed E-state index contributed by atoms with van der Waals surface area (Å²) in [5.41, 5.74) is 3.79. The van der Waals surface area contributed by atoms with Gasteiger partial charge < -0.3 is 9.64 Å². The molecule has 1 aliphatic heterocycles. The molecule has 0 aromatic heterocycles. The summed E-state index contributed by atoms with van der Waals surface area (Å²) in [6.07, 6.45) is 4.88. The van der Waals surface area contributed by atoms with Crippen LogP contribution in [0, 0.1) is 0 Å². The summed E-state index contributed by atoms with van der Waals surface area (Å²) in [5.74, 6) is 0.932. The van der Waals surface area contributed by atoms with Gasteiger partial charge in [0.1, 0.15) is 10.7 Å². The predicted molar refractivity (Wildman–Crippen MR) is 146 cm³/mol. The number of hydrogen-bond donors (Lipinski definition) is 0. The second-order valence-electron chi connectivity index (χ2n) is 8.99. The van der Waals surface area contributed by atoms with E-state index < -0.39 is 0 Å². The smallest absolute Gasteiger partial charge is 0.119 e. The zero-order valence-corrected chi connectivity index (χ0v) is 21.1. The van der Waals surface area contributed by atoms with Gasteiger partial charge in [-0.2, -0.15) is 0 Å². The monoisotopic (exact) mass is 472 g/mol. The fourth-order valence-electron chi connectivity index (χ4n) is 4.66. The van der Waals surface area contributed by atoms with Crippen LogP contribution < -0.4 is 4.74 Å². The molecule has 0 bridgehead atoms. The molecule has 3 nitrogen and oxygen atoms in total. The molecule has 1 fully saturated rings. The predicted octanol–water partition coefficient (Wildman–Crippen LogP) is 6.73. The van der Waals surface area contributed by atoms with Crippen LogP contribution >= 0.6 is 12.2 Å². The van der Waals surface area contributed by atoms with E-state index in [1.807, 2.05) is 0 Å². The summed E-state index contributed by atoms with van der Waals surface area (Å²) in [6.45, 7) is 6.85. The highest BCUT2D eigenvalue weighted by atomic mass is 32.1. The van der Waals surface area contributed by atoms with E-state index >= 15 is 0 Å². The number of hydrogen-bond acceptors (Lipinski definition) is 3. The third-order valence-electron chi connectivity index (χ3n) is 6.57. The number of nitrogens with zero attached hydrogens (tertiary/aromatic N) is 2. The molecule has 0 unspecified atom stereocenters. The van der Waals surface area contributed by atoms with Crippen molar-refractivity contribution in [3.63, 3.8) is 0 Å². The lowest BCUT2D eigenvalue weighted by Gasteiger charge is -2.40. The molecule has 1 saturated heterocycles. The van der Waals surface area contributed by atoms with Crippen molar-refractivity contribution in [2.75, 3.05) is 32.8 Å². The summed E-state index contributed by atoms with van der Waals surface area (Å²) in [5, 5.41) is 0. The Kier molecular flexibility index (Phi) is 9.12. The van der Waals surface area contributed by atoms with E-state index in [1.54, 1.807) is 0 Å². The van der Waals surface area contributed by atoms with Crippen molar-refractivity contribution in [1.82, 2.24) is 9.80 Å². The summed E-state index contributed by atoms with van der Waals surface area (Å²) >= 11 is 5.88. The maximum absolute atomic E-state index is 5.89. The van der Waals surface area contributed by atoms with Gasteiger partial charge in [-0.15, -0.1) is 0 Å². The van der Waals surface area contributed by atoms with E-state index in [9.17, 15) is 0 Å². The van der Waals surface area contributed by atoms with Crippen LogP contribution in [0.4, 0.5) is 0 Å². The molecule has 0 aliphatic carbocycles. The summed E-state index contributed by atoms with van der Waals surface area (Å²) in [7, 11) is 0. The van der Waals surface area contributed by atoms with E-state index in [1.165, 1.54) is 30.4 Å². The van der Waals surface area contributed by atoms with Crippen molar-refractivity contribution in [1.29, 1.82) is 0 Å². The largest absolute Gasteiger partial charge is 0.494 e. The van der Waals surface area contributed by atoms with Gasteiger partial charge in [-0.3, -0.25) is 4.90 Å². The van der Waals surface area contributed by atoms with Crippen LogP contribution in [0.5, 0.6) is 5.75 Å². The van der Waals surface area contributed by atoms with Gasteiger partial charge in [-0.25, -0.2) is 0 Å². The van der Waals surface area contributed by atoms with Crippen molar-refractivity contribution in [3.8, 4) is 5.75 Å². The lowest BCUT2D eigenvalue weighted by molar-refractivity contribution is 0.152. The lowest BCUT2D eigenvalue weighted by atomic mass is 9.96. The highest BCUT2D eigenvalue weighted by Crippen LogP contribution is 2.29. The molecule has 0 spiro atoms. The molecule has 0 atom stereocenters.